The molecule has 6 heteroatoms. The SMILES string of the molecule is O=C(C1=C(O)C(=O)N(C2CCCC2)C1c1ccncc1)c1cccs1. The zero-order valence-electron chi connectivity index (χ0n) is 13.6. The smallest absolute Gasteiger partial charge is 0.290 e. The van der Waals surface area contributed by atoms with Crippen LogP contribution in [0, 0.1) is 0 Å². The third-order valence-electron chi connectivity index (χ3n) is 4.97. The van der Waals surface area contributed by atoms with Gasteiger partial charge in [0.15, 0.2) is 5.76 Å². The first kappa shape index (κ1) is 16.0. The van der Waals surface area contributed by atoms with Crippen molar-refractivity contribution in [1.82, 2.24) is 9.88 Å². The average molecular weight is 354 g/mol. The van der Waals surface area contributed by atoms with Crippen LogP contribution >= 0.6 is 11.3 Å². The van der Waals surface area contributed by atoms with E-state index >= 15 is 0 Å². The molecular weight excluding hydrogens is 336 g/mol. The fourth-order valence-corrected chi connectivity index (χ4v) is 4.51. The highest BCUT2D eigenvalue weighted by Crippen LogP contribution is 2.43. The van der Waals surface area contributed by atoms with Crippen molar-refractivity contribution < 1.29 is 14.7 Å². The van der Waals surface area contributed by atoms with E-state index in [2.05, 4.69) is 4.98 Å². The first-order valence-electron chi connectivity index (χ1n) is 8.42. The average Bonchev–Trinajstić information content (AvgIpc) is 3.37. The number of nitrogens with zero attached hydrogens (tertiary/aromatic N) is 2. The normalized spacial score (nSPS) is 21.4. The van der Waals surface area contributed by atoms with E-state index < -0.39 is 17.7 Å². The highest BCUT2D eigenvalue weighted by Gasteiger charge is 2.47. The van der Waals surface area contributed by atoms with Gasteiger partial charge in [-0.25, -0.2) is 0 Å². The number of hydrogen-bond donors (Lipinski definition) is 1. The van der Waals surface area contributed by atoms with Gasteiger partial charge in [0.2, 0.25) is 5.78 Å². The van der Waals surface area contributed by atoms with E-state index in [0.29, 0.717) is 4.88 Å². The van der Waals surface area contributed by atoms with Gasteiger partial charge in [-0.3, -0.25) is 14.6 Å². The number of hydrogen-bond acceptors (Lipinski definition) is 5. The quantitative estimate of drug-likeness (QED) is 0.851. The Hall–Kier alpha value is -2.47. The maximum absolute atomic E-state index is 13.0. The third kappa shape index (κ3) is 2.66. The van der Waals surface area contributed by atoms with Gasteiger partial charge in [0, 0.05) is 18.4 Å². The lowest BCUT2D eigenvalue weighted by atomic mass is 9.95. The molecule has 0 saturated heterocycles. The van der Waals surface area contributed by atoms with Crippen LogP contribution in [0.25, 0.3) is 0 Å². The van der Waals surface area contributed by atoms with Gasteiger partial charge in [0.05, 0.1) is 16.5 Å². The minimum absolute atomic E-state index is 0.0569. The molecule has 1 amide bonds. The molecule has 2 aromatic rings. The van der Waals surface area contributed by atoms with E-state index in [1.165, 1.54) is 11.3 Å². The molecule has 1 aliphatic carbocycles. The molecule has 25 heavy (non-hydrogen) atoms. The zero-order chi connectivity index (χ0) is 17.4. The van der Waals surface area contributed by atoms with E-state index in [0.717, 1.165) is 31.2 Å². The summed E-state index contributed by atoms with van der Waals surface area (Å²) in [5, 5.41) is 12.4. The van der Waals surface area contributed by atoms with Gasteiger partial charge in [-0.15, -0.1) is 11.3 Å². The highest BCUT2D eigenvalue weighted by molar-refractivity contribution is 7.12. The Bertz CT molecular complexity index is 824. The summed E-state index contributed by atoms with van der Waals surface area (Å²) in [5.41, 5.74) is 0.991. The van der Waals surface area contributed by atoms with Crippen LogP contribution in [0.4, 0.5) is 0 Å². The zero-order valence-corrected chi connectivity index (χ0v) is 14.4. The number of aromatic nitrogens is 1. The fourth-order valence-electron chi connectivity index (χ4n) is 3.83. The molecule has 3 heterocycles. The minimum Gasteiger partial charge on any atom is -0.503 e. The predicted molar refractivity (Wildman–Crippen MR) is 94.4 cm³/mol. The van der Waals surface area contributed by atoms with Crippen molar-refractivity contribution in [2.24, 2.45) is 0 Å². The second-order valence-electron chi connectivity index (χ2n) is 6.40. The molecule has 1 fully saturated rings. The first-order valence-corrected chi connectivity index (χ1v) is 9.30. The molecule has 128 valence electrons. The number of Topliss-reactive ketones (excluding diaryl/α,β-unsaturated/α-hetero) is 1. The Labute approximate surface area is 149 Å². The van der Waals surface area contributed by atoms with Crippen LogP contribution in [0.15, 0.2) is 53.4 Å². The van der Waals surface area contributed by atoms with Crippen LogP contribution in [0.1, 0.15) is 47.0 Å². The molecule has 1 atom stereocenters. The van der Waals surface area contributed by atoms with Crippen molar-refractivity contribution in [3.8, 4) is 0 Å². The van der Waals surface area contributed by atoms with E-state index in [1.807, 2.05) is 5.38 Å². The summed E-state index contributed by atoms with van der Waals surface area (Å²) in [7, 11) is 0. The standard InChI is InChI=1S/C19H18N2O3S/c22-17(14-6-3-11-25-14)15-16(12-7-9-20-10-8-12)21(19(24)18(15)23)13-4-1-2-5-13/h3,6-11,13,16,23H,1-2,4-5H2. The van der Waals surface area contributed by atoms with Crippen molar-refractivity contribution in [2.75, 3.05) is 0 Å². The maximum Gasteiger partial charge on any atom is 0.290 e. The Balaban J connectivity index is 1.82. The van der Waals surface area contributed by atoms with Crippen molar-refractivity contribution in [2.45, 2.75) is 37.8 Å². The van der Waals surface area contributed by atoms with Gasteiger partial charge in [-0.2, -0.15) is 0 Å². The number of aliphatic hydroxyl groups excluding tert-OH is 1. The topological polar surface area (TPSA) is 70.5 Å². The van der Waals surface area contributed by atoms with Crippen LogP contribution in [0.2, 0.25) is 0 Å². The number of amides is 1. The molecule has 1 saturated carbocycles. The molecule has 1 unspecified atom stereocenters. The largest absolute Gasteiger partial charge is 0.503 e. The van der Waals surface area contributed by atoms with Gasteiger partial charge < -0.3 is 10.0 Å². The first-order chi connectivity index (χ1) is 12.2. The summed E-state index contributed by atoms with van der Waals surface area (Å²) in [5.74, 6) is -1.12. The molecule has 2 aliphatic rings. The molecule has 2 aromatic heterocycles. The van der Waals surface area contributed by atoms with Crippen LogP contribution in [0.5, 0.6) is 0 Å². The van der Waals surface area contributed by atoms with Crippen LogP contribution in [0.3, 0.4) is 0 Å². The number of rotatable bonds is 4. The van der Waals surface area contributed by atoms with E-state index in [-0.39, 0.29) is 17.4 Å². The number of aliphatic hydroxyl groups is 1. The lowest BCUT2D eigenvalue weighted by molar-refractivity contribution is -0.131. The van der Waals surface area contributed by atoms with Gasteiger partial charge in [0.1, 0.15) is 0 Å². The lowest BCUT2D eigenvalue weighted by Crippen LogP contribution is -2.38. The summed E-state index contributed by atoms with van der Waals surface area (Å²) in [6.45, 7) is 0. The molecule has 0 bridgehead atoms. The van der Waals surface area contributed by atoms with Crippen LogP contribution in [-0.4, -0.2) is 32.7 Å². The fraction of sp³-hybridized carbons (Fsp3) is 0.316. The summed E-state index contributed by atoms with van der Waals surface area (Å²) < 4.78 is 0. The second-order valence-corrected chi connectivity index (χ2v) is 7.35. The highest BCUT2D eigenvalue weighted by atomic mass is 32.1. The van der Waals surface area contributed by atoms with Crippen molar-refractivity contribution in [3.05, 3.63) is 63.8 Å². The number of pyridine rings is 1. The van der Waals surface area contributed by atoms with Crippen molar-refractivity contribution in [3.63, 3.8) is 0 Å². The Morgan fingerprint density at radius 3 is 2.56 bits per heavy atom. The van der Waals surface area contributed by atoms with Crippen LogP contribution < -0.4 is 0 Å². The van der Waals surface area contributed by atoms with Gasteiger partial charge in [-0.05, 0) is 42.0 Å². The Kier molecular flexibility index (Phi) is 4.13. The van der Waals surface area contributed by atoms with Gasteiger partial charge in [0.25, 0.3) is 5.91 Å². The molecule has 1 N–H and O–H groups in total. The number of ketones is 1. The summed E-state index contributed by atoms with van der Waals surface area (Å²) in [4.78, 5) is 32.1. The summed E-state index contributed by atoms with van der Waals surface area (Å²) >= 11 is 1.31. The number of carbonyl (C=O) groups excluding carboxylic acids is 2. The van der Waals surface area contributed by atoms with E-state index in [4.69, 9.17) is 0 Å². The molecule has 0 radical (unpaired) electrons. The van der Waals surface area contributed by atoms with Crippen molar-refractivity contribution >= 4 is 23.0 Å². The number of thiophene rings is 1. The second kappa shape index (κ2) is 6.44. The molecule has 1 aliphatic heterocycles. The predicted octanol–water partition coefficient (Wildman–Crippen LogP) is 3.66. The molecule has 0 spiro atoms. The molecule has 5 nitrogen and oxygen atoms in total. The molecule has 4 rings (SSSR count). The lowest BCUT2D eigenvalue weighted by Gasteiger charge is -2.32. The minimum atomic E-state index is -0.548. The third-order valence-corrected chi connectivity index (χ3v) is 5.84. The molecule has 0 aromatic carbocycles. The van der Waals surface area contributed by atoms with E-state index in [9.17, 15) is 14.7 Å². The summed E-state index contributed by atoms with van der Waals surface area (Å²) in [6, 6.07) is 6.64. The van der Waals surface area contributed by atoms with E-state index in [1.54, 1.807) is 41.6 Å². The molecular formula is C19H18N2O3S. The maximum atomic E-state index is 13.0. The Morgan fingerprint density at radius 2 is 1.92 bits per heavy atom. The monoisotopic (exact) mass is 354 g/mol. The van der Waals surface area contributed by atoms with Gasteiger partial charge in [-0.1, -0.05) is 18.9 Å². The number of carbonyl (C=O) groups is 2. The van der Waals surface area contributed by atoms with Crippen LogP contribution in [-0.2, 0) is 4.79 Å². The van der Waals surface area contributed by atoms with Crippen molar-refractivity contribution in [1.29, 1.82) is 0 Å². The Morgan fingerprint density at radius 1 is 1.20 bits per heavy atom. The van der Waals surface area contributed by atoms with Gasteiger partial charge >= 0.3 is 0 Å². The summed E-state index contributed by atoms with van der Waals surface area (Å²) in [6.07, 6.45) is 7.23.